The van der Waals surface area contributed by atoms with Crippen LogP contribution in [0.15, 0.2) is 219 Å². The van der Waals surface area contributed by atoms with Crippen LogP contribution in [0.2, 0.25) is 0 Å². The second-order valence-corrected chi connectivity index (χ2v) is 16.2. The second kappa shape index (κ2) is 14.3. The predicted octanol–water partition coefficient (Wildman–Crippen LogP) is 15.8. The van der Waals surface area contributed by atoms with Gasteiger partial charge in [0.2, 0.25) is 0 Å². The second-order valence-electron chi connectivity index (χ2n) is 16.2. The van der Waals surface area contributed by atoms with E-state index in [1.165, 1.54) is 98.8 Å². The van der Waals surface area contributed by atoms with Crippen molar-refractivity contribution in [1.82, 2.24) is 13.7 Å². The van der Waals surface area contributed by atoms with Gasteiger partial charge in [0.15, 0.2) is 0 Å². The van der Waals surface area contributed by atoms with Gasteiger partial charge in [-0.25, -0.2) is 0 Å². The zero-order valence-corrected chi connectivity index (χ0v) is 34.3. The zero-order chi connectivity index (χ0) is 41.3. The molecule has 12 rings (SSSR count). The summed E-state index contributed by atoms with van der Waals surface area (Å²) < 4.78 is 7.29. The van der Waals surface area contributed by atoms with Gasteiger partial charge in [-0.1, -0.05) is 146 Å². The van der Waals surface area contributed by atoms with Crippen LogP contribution in [0.5, 0.6) is 0 Å². The van der Waals surface area contributed by atoms with Crippen molar-refractivity contribution in [1.29, 1.82) is 0 Å². The van der Waals surface area contributed by atoms with E-state index in [4.69, 9.17) is 0 Å². The molecule has 12 aromatic rings. The lowest BCUT2D eigenvalue weighted by Gasteiger charge is -2.14. The summed E-state index contributed by atoms with van der Waals surface area (Å²) in [6.45, 7) is 6.19. The number of aromatic nitrogens is 3. The molecule has 0 saturated heterocycles. The first-order valence-electron chi connectivity index (χ1n) is 21.3. The van der Waals surface area contributed by atoms with Crippen molar-refractivity contribution in [3.63, 3.8) is 0 Å². The first-order valence-corrected chi connectivity index (χ1v) is 21.3. The van der Waals surface area contributed by atoms with Crippen molar-refractivity contribution in [3.05, 3.63) is 230 Å². The fraction of sp³-hybridized carbons (Fsp3) is 0.0169. The summed E-state index contributed by atoms with van der Waals surface area (Å²) in [6, 6.07) is 73.2. The molecule has 0 fully saturated rings. The fourth-order valence-electron chi connectivity index (χ4n) is 9.97. The molecule has 292 valence electrons. The van der Waals surface area contributed by atoms with Gasteiger partial charge in [-0.15, -0.1) is 0 Å². The summed E-state index contributed by atoms with van der Waals surface area (Å²) in [6.07, 6.45) is 6.08. The Kier molecular flexibility index (Phi) is 8.23. The van der Waals surface area contributed by atoms with E-state index >= 15 is 0 Å². The highest BCUT2D eigenvalue weighted by atomic mass is 15.0. The fourth-order valence-corrected chi connectivity index (χ4v) is 9.97. The van der Waals surface area contributed by atoms with Crippen LogP contribution in [-0.2, 0) is 0 Å². The van der Waals surface area contributed by atoms with Gasteiger partial charge in [0.25, 0.3) is 0 Å². The van der Waals surface area contributed by atoms with Gasteiger partial charge >= 0.3 is 0 Å². The molecule has 3 aromatic heterocycles. The maximum atomic E-state index is 4.00. The lowest BCUT2D eigenvalue weighted by molar-refractivity contribution is 1.16. The number of hydrogen-bond acceptors (Lipinski definition) is 0. The van der Waals surface area contributed by atoms with Crippen molar-refractivity contribution in [3.8, 4) is 39.3 Å². The highest BCUT2D eigenvalue weighted by Gasteiger charge is 2.22. The number of rotatable bonds is 7. The summed E-state index contributed by atoms with van der Waals surface area (Å²) in [5.41, 5.74) is 17.8. The standard InChI is InChI=1S/C59H41N3/c1-3-4-21-46-39(2)16-15-26-51(46)62-55-34-30-43(38-50(55)59-57(62)36-35-56-58(59)48-23-12-14-25-53(48)61(56)44-19-9-6-10-20-44)42-29-33-54-49(37-42)47-22-11-13-24-52(47)60(54)45-31-27-41(28-32-45)40-17-7-5-8-18-40/h3-38H,1H2,2H3/b21-4-. The molecule has 62 heavy (non-hydrogen) atoms. The first-order chi connectivity index (χ1) is 30.7. The van der Waals surface area contributed by atoms with E-state index in [0.29, 0.717) is 0 Å². The van der Waals surface area contributed by atoms with Crippen LogP contribution in [0.3, 0.4) is 0 Å². The van der Waals surface area contributed by atoms with Gasteiger partial charge in [0, 0.05) is 49.3 Å². The molecule has 0 aliphatic heterocycles. The maximum Gasteiger partial charge on any atom is 0.0549 e. The quantitative estimate of drug-likeness (QED) is 0.143. The van der Waals surface area contributed by atoms with Crippen LogP contribution in [0.25, 0.3) is 111 Å². The van der Waals surface area contributed by atoms with Crippen molar-refractivity contribution < 1.29 is 0 Å². The Hall–Kier alpha value is -8.14. The minimum absolute atomic E-state index is 1.15. The van der Waals surface area contributed by atoms with E-state index in [1.807, 2.05) is 12.2 Å². The molecule has 0 amide bonds. The van der Waals surface area contributed by atoms with E-state index in [0.717, 1.165) is 17.1 Å². The molecule has 0 bridgehead atoms. The Bertz CT molecular complexity index is 3750. The van der Waals surface area contributed by atoms with Crippen LogP contribution < -0.4 is 0 Å². The molecule has 0 N–H and O–H groups in total. The predicted molar refractivity (Wildman–Crippen MR) is 264 cm³/mol. The average molecular weight is 792 g/mol. The molecule has 0 saturated carbocycles. The lowest BCUT2D eigenvalue weighted by Crippen LogP contribution is -1.99. The number of allylic oxidation sites excluding steroid dienone is 2. The Morgan fingerprint density at radius 2 is 0.871 bits per heavy atom. The highest BCUT2D eigenvalue weighted by Crippen LogP contribution is 2.44. The largest absolute Gasteiger partial charge is 0.309 e. The molecule has 0 atom stereocenters. The van der Waals surface area contributed by atoms with Crippen molar-refractivity contribution >= 4 is 71.5 Å². The summed E-state index contributed by atoms with van der Waals surface area (Å²) in [7, 11) is 0. The Balaban J connectivity index is 1.11. The Morgan fingerprint density at radius 3 is 1.60 bits per heavy atom. The smallest absolute Gasteiger partial charge is 0.0549 e. The minimum Gasteiger partial charge on any atom is -0.309 e. The van der Waals surface area contributed by atoms with Crippen LogP contribution in [-0.4, -0.2) is 13.7 Å². The number of fused-ring (bicyclic) bond motifs is 10. The molecule has 0 spiro atoms. The molecular weight excluding hydrogens is 751 g/mol. The van der Waals surface area contributed by atoms with Gasteiger partial charge in [0.1, 0.15) is 0 Å². The number of aryl methyl sites for hydroxylation is 1. The zero-order valence-electron chi connectivity index (χ0n) is 34.3. The van der Waals surface area contributed by atoms with Crippen LogP contribution in [0.4, 0.5) is 0 Å². The third-order valence-corrected chi connectivity index (χ3v) is 12.8. The molecular formula is C59H41N3. The summed E-state index contributed by atoms with van der Waals surface area (Å²) in [4.78, 5) is 0. The molecule has 3 heterocycles. The molecule has 0 aliphatic carbocycles. The van der Waals surface area contributed by atoms with Crippen molar-refractivity contribution in [2.45, 2.75) is 6.92 Å². The van der Waals surface area contributed by atoms with E-state index in [2.05, 4.69) is 233 Å². The van der Waals surface area contributed by atoms with Gasteiger partial charge < -0.3 is 13.7 Å². The number of nitrogens with zero attached hydrogens (tertiary/aromatic N) is 3. The van der Waals surface area contributed by atoms with Gasteiger partial charge in [-0.2, -0.15) is 0 Å². The first kappa shape index (κ1) is 35.8. The summed E-state index contributed by atoms with van der Waals surface area (Å²) in [5, 5.41) is 7.45. The van der Waals surface area contributed by atoms with Crippen LogP contribution in [0, 0.1) is 6.92 Å². The van der Waals surface area contributed by atoms with Crippen molar-refractivity contribution in [2.75, 3.05) is 0 Å². The molecule has 0 radical (unpaired) electrons. The number of benzene rings is 9. The van der Waals surface area contributed by atoms with Crippen LogP contribution >= 0.6 is 0 Å². The maximum absolute atomic E-state index is 4.00. The minimum atomic E-state index is 1.15. The van der Waals surface area contributed by atoms with Gasteiger partial charge in [-0.3, -0.25) is 0 Å². The topological polar surface area (TPSA) is 14.8 Å². The molecule has 3 heteroatoms. The monoisotopic (exact) mass is 791 g/mol. The van der Waals surface area contributed by atoms with Crippen molar-refractivity contribution in [2.24, 2.45) is 0 Å². The van der Waals surface area contributed by atoms with Crippen LogP contribution in [0.1, 0.15) is 11.1 Å². The molecule has 9 aromatic carbocycles. The molecule has 0 aliphatic rings. The van der Waals surface area contributed by atoms with Gasteiger partial charge in [0.05, 0.1) is 38.8 Å². The summed E-state index contributed by atoms with van der Waals surface area (Å²) >= 11 is 0. The van der Waals surface area contributed by atoms with Gasteiger partial charge in [-0.05, 0) is 114 Å². The summed E-state index contributed by atoms with van der Waals surface area (Å²) in [5.74, 6) is 0. The molecule has 3 nitrogen and oxygen atoms in total. The van der Waals surface area contributed by atoms with E-state index in [9.17, 15) is 0 Å². The number of para-hydroxylation sites is 3. The Labute approximate surface area is 360 Å². The third kappa shape index (κ3) is 5.45. The van der Waals surface area contributed by atoms with E-state index in [1.54, 1.807) is 0 Å². The van der Waals surface area contributed by atoms with E-state index < -0.39 is 0 Å². The third-order valence-electron chi connectivity index (χ3n) is 12.8. The highest BCUT2D eigenvalue weighted by molar-refractivity contribution is 6.29. The van der Waals surface area contributed by atoms with E-state index in [-0.39, 0.29) is 0 Å². The lowest BCUT2D eigenvalue weighted by atomic mass is 9.99. The normalized spacial score (nSPS) is 12.0. The Morgan fingerprint density at radius 1 is 0.371 bits per heavy atom. The number of hydrogen-bond donors (Lipinski definition) is 0. The molecule has 0 unspecified atom stereocenters. The SMILES string of the molecule is C=C/C=C\c1c(C)cccc1-n1c2ccc(-c3ccc4c(c3)c3ccccc3n4-c3ccc(-c4ccccc4)cc3)cc2c2c3c4ccccc4n(-c4ccccc4)c3ccc21. The average Bonchev–Trinajstić information content (AvgIpc) is 3.97.